The van der Waals surface area contributed by atoms with Crippen molar-refractivity contribution < 1.29 is 22.7 Å². The van der Waals surface area contributed by atoms with Crippen molar-refractivity contribution in [1.29, 1.82) is 0 Å². The van der Waals surface area contributed by atoms with E-state index in [-0.39, 0.29) is 36.1 Å². The van der Waals surface area contributed by atoms with Gasteiger partial charge < -0.3 is 14.6 Å². The number of sulfonamides is 1. The van der Waals surface area contributed by atoms with Crippen LogP contribution in [0.5, 0.6) is 0 Å². The van der Waals surface area contributed by atoms with E-state index in [0.717, 1.165) is 5.56 Å². The van der Waals surface area contributed by atoms with Crippen molar-refractivity contribution >= 4 is 27.6 Å². The van der Waals surface area contributed by atoms with Gasteiger partial charge in [0.15, 0.2) is 0 Å². The van der Waals surface area contributed by atoms with Crippen molar-refractivity contribution in [3.05, 3.63) is 47.8 Å². The van der Waals surface area contributed by atoms with E-state index in [0.29, 0.717) is 5.69 Å². The van der Waals surface area contributed by atoms with Crippen molar-refractivity contribution in [2.45, 2.75) is 25.2 Å². The van der Waals surface area contributed by atoms with Crippen molar-refractivity contribution in [2.24, 2.45) is 7.05 Å². The summed E-state index contributed by atoms with van der Waals surface area (Å²) in [5, 5.41) is 2.70. The smallest absolute Gasteiger partial charge is 0.354 e. The number of nitrogens with zero attached hydrogens (tertiary/aromatic N) is 1. The summed E-state index contributed by atoms with van der Waals surface area (Å²) in [6.07, 6.45) is 1.30. The number of carbonyl (C=O) groups excluding carboxylic acids is 2. The molecule has 1 aromatic heterocycles. The lowest BCUT2D eigenvalue weighted by Crippen LogP contribution is -2.27. The fraction of sp³-hybridized carbons (Fsp3) is 0.333. The zero-order valence-electron chi connectivity index (χ0n) is 15.5. The minimum atomic E-state index is -3.84. The second kappa shape index (κ2) is 8.83. The van der Waals surface area contributed by atoms with E-state index in [4.69, 9.17) is 4.74 Å². The lowest BCUT2D eigenvalue weighted by Gasteiger charge is -2.07. The van der Waals surface area contributed by atoms with Gasteiger partial charge >= 0.3 is 5.97 Å². The summed E-state index contributed by atoms with van der Waals surface area (Å²) in [4.78, 5) is 23.7. The van der Waals surface area contributed by atoms with Crippen LogP contribution in [0.3, 0.4) is 0 Å². The van der Waals surface area contributed by atoms with Crippen molar-refractivity contribution in [3.63, 3.8) is 0 Å². The van der Waals surface area contributed by atoms with Gasteiger partial charge in [0.1, 0.15) is 10.6 Å². The maximum absolute atomic E-state index is 12.3. The molecule has 146 valence electrons. The maximum Gasteiger partial charge on any atom is 0.354 e. The van der Waals surface area contributed by atoms with Gasteiger partial charge in [0.2, 0.25) is 15.9 Å². The van der Waals surface area contributed by atoms with Gasteiger partial charge in [0, 0.05) is 31.9 Å². The van der Waals surface area contributed by atoms with Crippen LogP contribution in [0.15, 0.2) is 41.4 Å². The Balaban J connectivity index is 1.92. The SMILES string of the molecule is CCOC(=O)c1cc(S(=O)(=O)NCCC(=O)Nc2ccc(C)cc2)cn1C. The quantitative estimate of drug-likeness (QED) is 0.666. The molecule has 8 nitrogen and oxygen atoms in total. The predicted molar refractivity (Wildman–Crippen MR) is 101 cm³/mol. The Hall–Kier alpha value is -2.65. The second-order valence-electron chi connectivity index (χ2n) is 5.95. The van der Waals surface area contributed by atoms with Crippen LogP contribution >= 0.6 is 0 Å². The zero-order chi connectivity index (χ0) is 20.0. The molecule has 27 heavy (non-hydrogen) atoms. The fourth-order valence-corrected chi connectivity index (χ4v) is 3.43. The Morgan fingerprint density at radius 3 is 2.48 bits per heavy atom. The molecule has 2 rings (SSSR count). The van der Waals surface area contributed by atoms with Crippen LogP contribution in [0, 0.1) is 6.92 Å². The van der Waals surface area contributed by atoms with E-state index in [1.807, 2.05) is 19.1 Å². The molecule has 0 saturated carbocycles. The molecule has 0 spiro atoms. The van der Waals surface area contributed by atoms with E-state index in [2.05, 4.69) is 10.0 Å². The summed E-state index contributed by atoms with van der Waals surface area (Å²) in [5.41, 5.74) is 1.86. The number of benzene rings is 1. The summed E-state index contributed by atoms with van der Waals surface area (Å²) in [7, 11) is -2.29. The lowest BCUT2D eigenvalue weighted by atomic mass is 10.2. The number of anilines is 1. The number of hydrogen-bond acceptors (Lipinski definition) is 5. The van der Waals surface area contributed by atoms with Gasteiger partial charge in [-0.25, -0.2) is 17.9 Å². The number of ether oxygens (including phenoxy) is 1. The average molecular weight is 393 g/mol. The van der Waals surface area contributed by atoms with E-state index in [9.17, 15) is 18.0 Å². The Labute approximate surface area is 158 Å². The summed E-state index contributed by atoms with van der Waals surface area (Å²) < 4.78 is 33.3. The molecule has 0 saturated heterocycles. The molecule has 0 fully saturated rings. The first-order valence-corrected chi connectivity index (χ1v) is 9.91. The fourth-order valence-electron chi connectivity index (χ4n) is 2.33. The standard InChI is InChI=1S/C18H23N3O5S/c1-4-26-18(23)16-11-15(12-21(16)3)27(24,25)19-10-9-17(22)20-14-7-5-13(2)6-8-14/h5-8,11-12,19H,4,9-10H2,1-3H3,(H,20,22). The minimum Gasteiger partial charge on any atom is -0.461 e. The monoisotopic (exact) mass is 393 g/mol. The predicted octanol–water partition coefficient (Wildman–Crippen LogP) is 1.82. The third-order valence-corrected chi connectivity index (χ3v) is 5.18. The number of esters is 1. The highest BCUT2D eigenvalue weighted by Gasteiger charge is 2.21. The summed E-state index contributed by atoms with van der Waals surface area (Å²) >= 11 is 0. The number of aryl methyl sites for hydroxylation is 2. The van der Waals surface area contributed by atoms with Gasteiger partial charge in [0.05, 0.1) is 6.61 Å². The highest BCUT2D eigenvalue weighted by Crippen LogP contribution is 2.14. The first-order valence-electron chi connectivity index (χ1n) is 8.42. The van der Waals surface area contributed by atoms with E-state index >= 15 is 0 Å². The number of rotatable bonds is 8. The molecule has 0 bridgehead atoms. The van der Waals surface area contributed by atoms with Gasteiger partial charge in [-0.05, 0) is 32.0 Å². The molecule has 2 aromatic rings. The van der Waals surface area contributed by atoms with Crippen LogP contribution in [-0.2, 0) is 26.6 Å². The van der Waals surface area contributed by atoms with E-state index in [1.165, 1.54) is 16.8 Å². The van der Waals surface area contributed by atoms with Gasteiger partial charge in [-0.15, -0.1) is 0 Å². The van der Waals surface area contributed by atoms with Crippen molar-refractivity contribution in [3.8, 4) is 0 Å². The molecule has 0 radical (unpaired) electrons. The number of amides is 1. The minimum absolute atomic E-state index is 0.0231. The second-order valence-corrected chi connectivity index (χ2v) is 7.72. The van der Waals surface area contributed by atoms with Gasteiger partial charge in [-0.1, -0.05) is 17.7 Å². The normalized spacial score (nSPS) is 11.2. The highest BCUT2D eigenvalue weighted by molar-refractivity contribution is 7.89. The Morgan fingerprint density at radius 1 is 1.19 bits per heavy atom. The lowest BCUT2D eigenvalue weighted by molar-refractivity contribution is -0.116. The molecule has 0 aliphatic rings. The van der Waals surface area contributed by atoms with Crippen LogP contribution in [0.25, 0.3) is 0 Å². The van der Waals surface area contributed by atoms with Crippen LogP contribution in [0.4, 0.5) is 5.69 Å². The highest BCUT2D eigenvalue weighted by atomic mass is 32.2. The van der Waals surface area contributed by atoms with Crippen molar-refractivity contribution in [2.75, 3.05) is 18.5 Å². The molecule has 1 amide bonds. The van der Waals surface area contributed by atoms with Gasteiger partial charge in [0.25, 0.3) is 0 Å². The Bertz CT molecular complexity index is 917. The Kier molecular flexibility index (Phi) is 6.75. The van der Waals surface area contributed by atoms with Gasteiger partial charge in [-0.2, -0.15) is 0 Å². The third kappa shape index (κ3) is 5.66. The molecule has 1 aromatic carbocycles. The van der Waals surface area contributed by atoms with Crippen LogP contribution < -0.4 is 10.0 Å². The number of nitrogens with one attached hydrogen (secondary N) is 2. The molecule has 0 unspecified atom stereocenters. The molecule has 0 atom stereocenters. The molecule has 0 aliphatic heterocycles. The maximum atomic E-state index is 12.3. The largest absolute Gasteiger partial charge is 0.461 e. The van der Waals surface area contributed by atoms with E-state index in [1.54, 1.807) is 26.1 Å². The van der Waals surface area contributed by atoms with Crippen LogP contribution in [-0.4, -0.2) is 38.0 Å². The molecular weight excluding hydrogens is 370 g/mol. The Morgan fingerprint density at radius 2 is 1.85 bits per heavy atom. The molecule has 9 heteroatoms. The van der Waals surface area contributed by atoms with Crippen LogP contribution in [0.2, 0.25) is 0 Å². The third-order valence-electron chi connectivity index (χ3n) is 3.75. The van der Waals surface area contributed by atoms with E-state index < -0.39 is 16.0 Å². The molecule has 0 aliphatic carbocycles. The topological polar surface area (TPSA) is 106 Å². The summed E-state index contributed by atoms with van der Waals surface area (Å²) in [5.74, 6) is -0.902. The first-order chi connectivity index (χ1) is 12.7. The zero-order valence-corrected chi connectivity index (χ0v) is 16.3. The first kappa shape index (κ1) is 20.7. The molecule has 2 N–H and O–H groups in total. The number of aromatic nitrogens is 1. The van der Waals surface area contributed by atoms with Crippen molar-refractivity contribution in [1.82, 2.24) is 9.29 Å². The number of hydrogen-bond donors (Lipinski definition) is 2. The summed E-state index contributed by atoms with van der Waals surface area (Å²) in [6, 6.07) is 8.53. The average Bonchev–Trinajstić information content (AvgIpc) is 3.00. The molecular formula is C18H23N3O5S. The van der Waals surface area contributed by atoms with Crippen LogP contribution in [0.1, 0.15) is 29.4 Å². The molecule has 1 heterocycles. The number of carbonyl (C=O) groups is 2. The van der Waals surface area contributed by atoms with Gasteiger partial charge in [-0.3, -0.25) is 4.79 Å². The summed E-state index contributed by atoms with van der Waals surface area (Å²) in [6.45, 7) is 3.74.